The normalized spacial score (nSPS) is 11.0. The Morgan fingerprint density at radius 1 is 1.32 bits per heavy atom. The quantitative estimate of drug-likeness (QED) is 0.750. The highest BCUT2D eigenvalue weighted by Gasteiger charge is 2.09. The van der Waals surface area contributed by atoms with Crippen LogP contribution in [0.2, 0.25) is 0 Å². The molecule has 2 N–H and O–H groups in total. The summed E-state index contributed by atoms with van der Waals surface area (Å²) >= 11 is 0. The van der Waals surface area contributed by atoms with Gasteiger partial charge in [0.25, 0.3) is 0 Å². The predicted octanol–water partition coefficient (Wildman–Crippen LogP) is 3.08. The van der Waals surface area contributed by atoms with Gasteiger partial charge >= 0.3 is 0 Å². The summed E-state index contributed by atoms with van der Waals surface area (Å²) in [6.45, 7) is 1.63. The summed E-state index contributed by atoms with van der Waals surface area (Å²) in [6.07, 6.45) is 7.06. The van der Waals surface area contributed by atoms with Gasteiger partial charge in [0.2, 0.25) is 0 Å². The van der Waals surface area contributed by atoms with Crippen LogP contribution in [0.15, 0.2) is 36.8 Å². The molecule has 0 bridgehead atoms. The Hall–Kier alpha value is -2.36. The van der Waals surface area contributed by atoms with E-state index in [1.165, 1.54) is 10.9 Å². The lowest BCUT2D eigenvalue weighted by molar-refractivity contribution is -0.116. The molecule has 4 heteroatoms. The summed E-state index contributed by atoms with van der Waals surface area (Å²) in [7, 11) is 0. The number of ketones is 1. The molecule has 96 valence electrons. The van der Waals surface area contributed by atoms with Crippen molar-refractivity contribution in [2.45, 2.75) is 19.8 Å². The fourth-order valence-corrected chi connectivity index (χ4v) is 2.37. The first-order valence-electron chi connectivity index (χ1n) is 6.33. The topological polar surface area (TPSA) is 61.5 Å². The summed E-state index contributed by atoms with van der Waals surface area (Å²) < 4.78 is 0. The van der Waals surface area contributed by atoms with Crippen LogP contribution in [0, 0.1) is 0 Å². The van der Waals surface area contributed by atoms with Crippen LogP contribution < -0.4 is 0 Å². The van der Waals surface area contributed by atoms with Crippen molar-refractivity contribution in [1.29, 1.82) is 0 Å². The van der Waals surface area contributed by atoms with Crippen molar-refractivity contribution in [2.24, 2.45) is 0 Å². The Morgan fingerprint density at radius 3 is 2.95 bits per heavy atom. The molecule has 0 atom stereocenters. The van der Waals surface area contributed by atoms with Crippen LogP contribution in [0.3, 0.4) is 0 Å². The maximum atomic E-state index is 11.1. The molecule has 0 saturated carbocycles. The molecule has 0 saturated heterocycles. The number of hydrogen-bond acceptors (Lipinski definition) is 2. The number of aromatic amines is 2. The lowest BCUT2D eigenvalue weighted by Crippen LogP contribution is -1.92. The van der Waals surface area contributed by atoms with E-state index < -0.39 is 0 Å². The lowest BCUT2D eigenvalue weighted by atomic mass is 10.0. The second-order valence-electron chi connectivity index (χ2n) is 4.73. The Balaban J connectivity index is 2.05. The van der Waals surface area contributed by atoms with Crippen LogP contribution in [0.25, 0.3) is 22.0 Å². The van der Waals surface area contributed by atoms with E-state index in [1.807, 2.05) is 24.7 Å². The number of nitrogens with one attached hydrogen (secondary N) is 2. The molecule has 0 spiro atoms. The standard InChI is InChI=1S/C15H15N3O/c1-10(19)5-6-11-7-16-15-13(11)3-2-4-14(15)12-8-17-18-9-12/h2-4,7-9,16H,5-6H2,1H3,(H,17,18). The van der Waals surface area contributed by atoms with E-state index in [2.05, 4.69) is 27.3 Å². The molecule has 0 fully saturated rings. The van der Waals surface area contributed by atoms with E-state index in [1.54, 1.807) is 6.92 Å². The van der Waals surface area contributed by atoms with E-state index in [4.69, 9.17) is 0 Å². The SMILES string of the molecule is CC(=O)CCc1c[nH]c2c(-c3cn[nH]c3)cccc12. The first-order valence-corrected chi connectivity index (χ1v) is 6.33. The number of carbonyl (C=O) groups is 1. The van der Waals surface area contributed by atoms with Crippen molar-refractivity contribution in [2.75, 3.05) is 0 Å². The van der Waals surface area contributed by atoms with Crippen LogP contribution in [0.5, 0.6) is 0 Å². The number of aryl methyl sites for hydroxylation is 1. The second kappa shape index (κ2) is 4.72. The number of carbonyl (C=O) groups excluding carboxylic acids is 1. The van der Waals surface area contributed by atoms with Crippen LogP contribution >= 0.6 is 0 Å². The number of H-pyrrole nitrogens is 2. The molecular formula is C15H15N3O. The van der Waals surface area contributed by atoms with E-state index in [-0.39, 0.29) is 5.78 Å². The zero-order chi connectivity index (χ0) is 13.2. The van der Waals surface area contributed by atoms with Gasteiger partial charge in [-0.2, -0.15) is 5.10 Å². The first-order chi connectivity index (χ1) is 9.25. The van der Waals surface area contributed by atoms with Crippen LogP contribution in [0.1, 0.15) is 18.9 Å². The maximum Gasteiger partial charge on any atom is 0.130 e. The summed E-state index contributed by atoms with van der Waals surface area (Å²) in [6, 6.07) is 6.19. The zero-order valence-corrected chi connectivity index (χ0v) is 10.7. The smallest absolute Gasteiger partial charge is 0.130 e. The minimum atomic E-state index is 0.223. The third kappa shape index (κ3) is 2.17. The number of hydrogen-bond donors (Lipinski definition) is 2. The molecule has 0 radical (unpaired) electrons. The largest absolute Gasteiger partial charge is 0.360 e. The number of para-hydroxylation sites is 1. The van der Waals surface area contributed by atoms with E-state index in [0.717, 1.165) is 23.1 Å². The van der Waals surface area contributed by atoms with Crippen LogP contribution in [-0.2, 0) is 11.2 Å². The average molecular weight is 253 g/mol. The van der Waals surface area contributed by atoms with Gasteiger partial charge in [-0.1, -0.05) is 18.2 Å². The Bertz CT molecular complexity index is 710. The maximum absolute atomic E-state index is 11.1. The molecule has 0 aliphatic carbocycles. The van der Waals surface area contributed by atoms with E-state index in [9.17, 15) is 4.79 Å². The number of benzene rings is 1. The monoisotopic (exact) mass is 253 g/mol. The second-order valence-corrected chi connectivity index (χ2v) is 4.73. The minimum absolute atomic E-state index is 0.223. The number of rotatable bonds is 4. The van der Waals surface area contributed by atoms with Gasteiger partial charge in [-0.3, -0.25) is 5.10 Å². The summed E-state index contributed by atoms with van der Waals surface area (Å²) in [4.78, 5) is 14.4. The number of nitrogens with zero attached hydrogens (tertiary/aromatic N) is 1. The van der Waals surface area contributed by atoms with E-state index >= 15 is 0 Å². The molecule has 3 rings (SSSR count). The van der Waals surface area contributed by atoms with Crippen molar-refractivity contribution in [1.82, 2.24) is 15.2 Å². The molecule has 0 aliphatic rings. The van der Waals surface area contributed by atoms with Crippen molar-refractivity contribution in [3.05, 3.63) is 42.4 Å². The van der Waals surface area contributed by atoms with Gasteiger partial charge in [0.15, 0.2) is 0 Å². The summed E-state index contributed by atoms with van der Waals surface area (Å²) in [5.41, 5.74) is 4.48. The van der Waals surface area contributed by atoms with Gasteiger partial charge in [0, 0.05) is 35.3 Å². The van der Waals surface area contributed by atoms with Crippen molar-refractivity contribution in [3.63, 3.8) is 0 Å². The van der Waals surface area contributed by atoms with Crippen molar-refractivity contribution >= 4 is 16.7 Å². The van der Waals surface area contributed by atoms with Crippen molar-refractivity contribution < 1.29 is 4.79 Å². The summed E-state index contributed by atoms with van der Waals surface area (Å²) in [5.74, 6) is 0.223. The highest BCUT2D eigenvalue weighted by atomic mass is 16.1. The number of Topliss-reactive ketones (excluding diaryl/α,β-unsaturated/α-hetero) is 1. The highest BCUT2D eigenvalue weighted by Crippen LogP contribution is 2.29. The molecule has 19 heavy (non-hydrogen) atoms. The number of aromatic nitrogens is 3. The zero-order valence-electron chi connectivity index (χ0n) is 10.7. The first kappa shape index (κ1) is 11.7. The van der Waals surface area contributed by atoms with E-state index in [0.29, 0.717) is 6.42 Å². The van der Waals surface area contributed by atoms with Gasteiger partial charge in [-0.25, -0.2) is 0 Å². The minimum Gasteiger partial charge on any atom is -0.360 e. The number of fused-ring (bicyclic) bond motifs is 1. The fourth-order valence-electron chi connectivity index (χ4n) is 2.37. The highest BCUT2D eigenvalue weighted by molar-refractivity contribution is 5.96. The molecule has 1 aromatic carbocycles. The van der Waals surface area contributed by atoms with Crippen molar-refractivity contribution in [3.8, 4) is 11.1 Å². The third-order valence-electron chi connectivity index (χ3n) is 3.36. The molecule has 0 aliphatic heterocycles. The third-order valence-corrected chi connectivity index (χ3v) is 3.36. The lowest BCUT2D eigenvalue weighted by Gasteiger charge is -2.01. The molecule has 4 nitrogen and oxygen atoms in total. The molecule has 2 heterocycles. The Morgan fingerprint density at radius 2 is 2.21 bits per heavy atom. The van der Waals surface area contributed by atoms with Gasteiger partial charge < -0.3 is 9.78 Å². The van der Waals surface area contributed by atoms with Crippen LogP contribution in [-0.4, -0.2) is 21.0 Å². The van der Waals surface area contributed by atoms with Gasteiger partial charge in [0.05, 0.1) is 11.7 Å². The average Bonchev–Trinajstić information content (AvgIpc) is 3.05. The fraction of sp³-hybridized carbons (Fsp3) is 0.200. The van der Waals surface area contributed by atoms with Crippen LogP contribution in [0.4, 0.5) is 0 Å². The predicted molar refractivity (Wildman–Crippen MR) is 74.9 cm³/mol. The molecule has 0 unspecified atom stereocenters. The van der Waals surface area contributed by atoms with Gasteiger partial charge in [-0.05, 0) is 18.9 Å². The van der Waals surface area contributed by atoms with Gasteiger partial charge in [-0.15, -0.1) is 0 Å². The Kier molecular flexibility index (Phi) is 2.91. The van der Waals surface area contributed by atoms with Gasteiger partial charge in [0.1, 0.15) is 5.78 Å². The molecule has 2 aromatic heterocycles. The molecule has 0 amide bonds. The molecule has 3 aromatic rings. The summed E-state index contributed by atoms with van der Waals surface area (Å²) in [5, 5.41) is 8.00. The molecular weight excluding hydrogens is 238 g/mol. The Labute approximate surface area is 110 Å².